The first-order valence-corrected chi connectivity index (χ1v) is 13.0. The second kappa shape index (κ2) is 12.8. The maximum Gasteiger partial charge on any atom is 0.252 e. The van der Waals surface area contributed by atoms with Crippen LogP contribution in [0.15, 0.2) is 73.6 Å². The zero-order valence-electron chi connectivity index (χ0n) is 23.0. The van der Waals surface area contributed by atoms with Gasteiger partial charge in [0.05, 0.1) is 18.8 Å². The molecule has 2 heterocycles. The SMILES string of the molecule is CC.CCOc1cc(-c2cnn(C)c2)cc([C@@H](C)NC(=O)c2cc(N3C=CN(CC)C=C3)ccc2C)c1.[HH]. The van der Waals surface area contributed by atoms with Crippen molar-refractivity contribution in [2.45, 2.75) is 47.6 Å². The standard InChI is InChI=1S/C28H33N5O2.C2H6.H2/c1-6-32-10-12-33(13-11-32)25-9-8-20(3)27(17-25)28(34)30-21(4)22-14-23(16-26(15-22)35-7-2)24-18-29-31(5)19-24;1-2;/h8-19,21H,6-7H2,1-5H3,(H,30,34);1-2H3;1H/t21-;;/m1../s1. The lowest BCUT2D eigenvalue weighted by Crippen LogP contribution is -2.27. The van der Waals surface area contributed by atoms with Crippen LogP contribution in [0.1, 0.15) is 63.6 Å². The van der Waals surface area contributed by atoms with Crippen LogP contribution in [0.3, 0.4) is 0 Å². The second-order valence-electron chi connectivity index (χ2n) is 8.65. The molecular formula is C30H41N5O2. The topological polar surface area (TPSA) is 62.6 Å². The van der Waals surface area contributed by atoms with Crippen molar-refractivity contribution < 1.29 is 11.0 Å². The number of benzene rings is 2. The number of amides is 1. The molecule has 1 amide bonds. The number of carbonyl (C=O) groups is 1. The van der Waals surface area contributed by atoms with Crippen LogP contribution in [0.2, 0.25) is 0 Å². The van der Waals surface area contributed by atoms with Crippen LogP contribution in [0.5, 0.6) is 5.75 Å². The molecule has 1 atom stereocenters. The van der Waals surface area contributed by atoms with Gasteiger partial charge in [0.2, 0.25) is 0 Å². The molecule has 37 heavy (non-hydrogen) atoms. The van der Waals surface area contributed by atoms with Crippen LogP contribution >= 0.6 is 0 Å². The molecule has 7 nitrogen and oxygen atoms in total. The number of hydrogen-bond acceptors (Lipinski definition) is 5. The Hall–Kier alpha value is -4.00. The molecule has 1 aliphatic heterocycles. The van der Waals surface area contributed by atoms with E-state index in [1.807, 2.05) is 114 Å². The van der Waals surface area contributed by atoms with E-state index in [4.69, 9.17) is 4.74 Å². The lowest BCUT2D eigenvalue weighted by atomic mass is 10.0. The van der Waals surface area contributed by atoms with Crippen LogP contribution < -0.4 is 15.0 Å². The molecule has 0 aliphatic carbocycles. The predicted octanol–water partition coefficient (Wildman–Crippen LogP) is 6.64. The van der Waals surface area contributed by atoms with Gasteiger partial charge in [0, 0.05) is 62.8 Å². The molecule has 0 fully saturated rings. The molecule has 7 heteroatoms. The van der Waals surface area contributed by atoms with Crippen LogP contribution in [0.4, 0.5) is 5.69 Å². The molecule has 0 spiro atoms. The van der Waals surface area contributed by atoms with Gasteiger partial charge in [0.15, 0.2) is 0 Å². The smallest absolute Gasteiger partial charge is 0.252 e. The van der Waals surface area contributed by atoms with Crippen LogP contribution in [-0.4, -0.2) is 33.7 Å². The van der Waals surface area contributed by atoms with Crippen LogP contribution in [0.25, 0.3) is 11.1 Å². The summed E-state index contributed by atoms with van der Waals surface area (Å²) in [6.07, 6.45) is 11.8. The Morgan fingerprint density at radius 3 is 2.41 bits per heavy atom. The number of carbonyl (C=O) groups excluding carboxylic acids is 1. The quantitative estimate of drug-likeness (QED) is 0.373. The number of nitrogens with one attached hydrogen (secondary N) is 1. The fourth-order valence-electron chi connectivity index (χ4n) is 4.03. The third-order valence-corrected chi connectivity index (χ3v) is 6.09. The van der Waals surface area contributed by atoms with Crippen molar-refractivity contribution in [1.29, 1.82) is 0 Å². The van der Waals surface area contributed by atoms with Gasteiger partial charge in [-0.25, -0.2) is 0 Å². The maximum atomic E-state index is 13.3. The third kappa shape index (κ3) is 6.82. The Kier molecular flexibility index (Phi) is 9.55. The Morgan fingerprint density at radius 2 is 1.78 bits per heavy atom. The molecule has 1 N–H and O–H groups in total. The fraction of sp³-hybridized carbons (Fsp3) is 0.333. The first-order valence-electron chi connectivity index (χ1n) is 13.0. The molecule has 0 saturated heterocycles. The Labute approximate surface area is 222 Å². The van der Waals surface area contributed by atoms with E-state index in [9.17, 15) is 4.79 Å². The highest BCUT2D eigenvalue weighted by molar-refractivity contribution is 5.97. The molecule has 2 aromatic carbocycles. The van der Waals surface area contributed by atoms with Gasteiger partial charge >= 0.3 is 0 Å². The highest BCUT2D eigenvalue weighted by atomic mass is 16.5. The zero-order chi connectivity index (χ0) is 26.9. The number of nitrogens with zero attached hydrogens (tertiary/aromatic N) is 4. The minimum atomic E-state index is -0.214. The average molecular weight is 504 g/mol. The van der Waals surface area contributed by atoms with Gasteiger partial charge in [0.1, 0.15) is 5.75 Å². The Morgan fingerprint density at radius 1 is 1.05 bits per heavy atom. The lowest BCUT2D eigenvalue weighted by Gasteiger charge is -2.25. The van der Waals surface area contributed by atoms with E-state index < -0.39 is 0 Å². The van der Waals surface area contributed by atoms with Crippen molar-refractivity contribution in [2.75, 3.05) is 18.1 Å². The van der Waals surface area contributed by atoms with Crippen molar-refractivity contribution in [3.8, 4) is 16.9 Å². The van der Waals surface area contributed by atoms with Crippen molar-refractivity contribution in [1.82, 2.24) is 20.0 Å². The minimum Gasteiger partial charge on any atom is -0.494 e. The minimum absolute atomic E-state index is 0. The second-order valence-corrected chi connectivity index (χ2v) is 8.65. The molecule has 0 saturated carbocycles. The number of aryl methyl sites for hydroxylation is 2. The summed E-state index contributed by atoms with van der Waals surface area (Å²) in [7, 11) is 1.89. The zero-order valence-corrected chi connectivity index (χ0v) is 23.0. The third-order valence-electron chi connectivity index (χ3n) is 6.09. The Bertz CT molecular complexity index is 1250. The highest BCUT2D eigenvalue weighted by Gasteiger charge is 2.17. The molecule has 1 aliphatic rings. The number of ether oxygens (including phenoxy) is 1. The first kappa shape index (κ1) is 27.6. The van der Waals surface area contributed by atoms with E-state index in [2.05, 4.69) is 28.3 Å². The number of hydrogen-bond donors (Lipinski definition) is 1. The predicted molar refractivity (Wildman–Crippen MR) is 153 cm³/mol. The molecule has 4 rings (SSSR count). The summed E-state index contributed by atoms with van der Waals surface area (Å²) < 4.78 is 7.58. The van der Waals surface area contributed by atoms with Gasteiger partial charge < -0.3 is 19.9 Å². The normalized spacial score (nSPS) is 13.2. The maximum absolute atomic E-state index is 13.3. The van der Waals surface area contributed by atoms with Gasteiger partial charge in [-0.3, -0.25) is 9.48 Å². The van der Waals surface area contributed by atoms with Crippen molar-refractivity contribution in [2.24, 2.45) is 7.05 Å². The molecule has 1 aromatic heterocycles. The monoisotopic (exact) mass is 503 g/mol. The first-order chi connectivity index (χ1) is 17.9. The summed E-state index contributed by atoms with van der Waals surface area (Å²) in [4.78, 5) is 17.4. The van der Waals surface area contributed by atoms with Crippen molar-refractivity contribution in [3.05, 3.63) is 90.3 Å². The van der Waals surface area contributed by atoms with Crippen molar-refractivity contribution >= 4 is 11.6 Å². The largest absolute Gasteiger partial charge is 0.494 e. The average Bonchev–Trinajstić information content (AvgIpc) is 3.36. The summed E-state index contributed by atoms with van der Waals surface area (Å²) in [5.41, 5.74) is 5.50. The molecule has 0 bridgehead atoms. The van der Waals surface area contributed by atoms with E-state index in [1.165, 1.54) is 0 Å². The van der Waals surface area contributed by atoms with E-state index in [-0.39, 0.29) is 13.4 Å². The van der Waals surface area contributed by atoms with Crippen molar-refractivity contribution in [3.63, 3.8) is 0 Å². The van der Waals surface area contributed by atoms with Gasteiger partial charge in [-0.05, 0) is 74.7 Å². The van der Waals surface area contributed by atoms with E-state index in [1.54, 1.807) is 4.68 Å². The summed E-state index contributed by atoms with van der Waals surface area (Å²) in [5.74, 6) is 0.662. The van der Waals surface area contributed by atoms with Crippen LogP contribution in [0, 0.1) is 6.92 Å². The fourth-order valence-corrected chi connectivity index (χ4v) is 4.03. The van der Waals surface area contributed by atoms with Gasteiger partial charge in [-0.2, -0.15) is 5.10 Å². The van der Waals surface area contributed by atoms with E-state index >= 15 is 0 Å². The molecule has 0 unspecified atom stereocenters. The van der Waals surface area contributed by atoms with Gasteiger partial charge in [-0.15, -0.1) is 0 Å². The molecule has 0 radical (unpaired) electrons. The van der Waals surface area contributed by atoms with E-state index in [0.29, 0.717) is 12.2 Å². The number of aromatic nitrogens is 2. The van der Waals surface area contributed by atoms with Gasteiger partial charge in [-0.1, -0.05) is 19.9 Å². The summed E-state index contributed by atoms with van der Waals surface area (Å²) in [5, 5.41) is 7.46. The molecular weight excluding hydrogens is 462 g/mol. The molecule has 198 valence electrons. The van der Waals surface area contributed by atoms with Gasteiger partial charge in [0.25, 0.3) is 5.91 Å². The Balaban J connectivity index is 0.00000165. The number of anilines is 1. The highest BCUT2D eigenvalue weighted by Crippen LogP contribution is 2.29. The summed E-state index contributed by atoms with van der Waals surface area (Å²) >= 11 is 0. The van der Waals surface area contributed by atoms with E-state index in [0.717, 1.165) is 40.2 Å². The molecule has 3 aromatic rings. The summed E-state index contributed by atoms with van der Waals surface area (Å²) in [6, 6.07) is 11.8. The summed E-state index contributed by atoms with van der Waals surface area (Å²) in [6.45, 7) is 13.5. The number of rotatable bonds is 8. The van der Waals surface area contributed by atoms with Crippen LogP contribution in [-0.2, 0) is 7.05 Å². The lowest BCUT2D eigenvalue weighted by molar-refractivity contribution is 0.0939.